The molecule has 20 heavy (non-hydrogen) atoms. The molecular formula is C15H17N3OS. The molecule has 0 atom stereocenters. The van der Waals surface area contributed by atoms with Gasteiger partial charge < -0.3 is 10.6 Å². The van der Waals surface area contributed by atoms with Gasteiger partial charge in [-0.1, -0.05) is 12.0 Å². The molecule has 1 aromatic carbocycles. The highest BCUT2D eigenvalue weighted by atomic mass is 32.2. The third-order valence-corrected chi connectivity index (χ3v) is 3.78. The number of hydrogen-bond acceptors (Lipinski definition) is 3. The molecule has 4 nitrogen and oxygen atoms in total. The van der Waals surface area contributed by atoms with E-state index in [0.717, 1.165) is 29.5 Å². The van der Waals surface area contributed by atoms with Crippen molar-refractivity contribution in [3.8, 4) is 5.40 Å². The number of anilines is 1. The standard InChI is InChI=1S/C15H17N3OS/c16-11-20-14-8-6-13(7-9-14)18-15(19)17-10-12-4-2-1-3-5-12/h6-10H,1-5H2,(H2,17,18,19). The van der Waals surface area contributed by atoms with Crippen LogP contribution in [0.1, 0.15) is 32.1 Å². The molecule has 2 N–H and O–H groups in total. The predicted octanol–water partition coefficient (Wildman–Crippen LogP) is 4.23. The summed E-state index contributed by atoms with van der Waals surface area (Å²) in [5.41, 5.74) is 2.03. The lowest BCUT2D eigenvalue weighted by Crippen LogP contribution is -2.24. The van der Waals surface area contributed by atoms with Gasteiger partial charge in [0.2, 0.25) is 0 Å². The van der Waals surface area contributed by atoms with Crippen molar-refractivity contribution >= 4 is 23.5 Å². The van der Waals surface area contributed by atoms with Gasteiger partial charge in [0, 0.05) is 16.8 Å². The Labute approximate surface area is 123 Å². The summed E-state index contributed by atoms with van der Waals surface area (Å²) in [7, 11) is 0. The lowest BCUT2D eigenvalue weighted by molar-refractivity contribution is 0.255. The fourth-order valence-corrected chi connectivity index (χ4v) is 2.52. The minimum atomic E-state index is -0.233. The number of rotatable bonds is 3. The van der Waals surface area contributed by atoms with E-state index in [2.05, 4.69) is 10.6 Å². The van der Waals surface area contributed by atoms with E-state index in [9.17, 15) is 4.79 Å². The molecule has 1 aromatic rings. The van der Waals surface area contributed by atoms with Crippen LogP contribution in [0.4, 0.5) is 10.5 Å². The summed E-state index contributed by atoms with van der Waals surface area (Å²) >= 11 is 1.10. The Morgan fingerprint density at radius 2 is 1.90 bits per heavy atom. The first-order valence-corrected chi connectivity index (χ1v) is 7.51. The molecule has 2 amide bonds. The van der Waals surface area contributed by atoms with Crippen LogP contribution in [0.25, 0.3) is 0 Å². The Kier molecular flexibility index (Phi) is 5.51. The van der Waals surface area contributed by atoms with E-state index in [1.807, 2.05) is 23.7 Å². The van der Waals surface area contributed by atoms with Gasteiger partial charge in [0.15, 0.2) is 0 Å². The van der Waals surface area contributed by atoms with Gasteiger partial charge in [-0.05, 0) is 61.7 Å². The molecule has 5 heteroatoms. The number of carbonyl (C=O) groups is 1. The van der Waals surface area contributed by atoms with Crippen LogP contribution in [-0.2, 0) is 0 Å². The molecule has 1 aliphatic rings. The summed E-state index contributed by atoms with van der Waals surface area (Å²) in [6.45, 7) is 0. The van der Waals surface area contributed by atoms with Crippen molar-refractivity contribution in [2.24, 2.45) is 0 Å². The number of benzene rings is 1. The first-order valence-electron chi connectivity index (χ1n) is 6.69. The third-order valence-electron chi connectivity index (χ3n) is 3.18. The molecule has 2 rings (SSSR count). The summed E-state index contributed by atoms with van der Waals surface area (Å²) < 4.78 is 0. The normalized spacial score (nSPS) is 14.2. The van der Waals surface area contributed by atoms with Gasteiger partial charge in [0.05, 0.1) is 0 Å². The smallest absolute Gasteiger partial charge is 0.314 e. The van der Waals surface area contributed by atoms with Crippen LogP contribution in [0.3, 0.4) is 0 Å². The van der Waals surface area contributed by atoms with Crippen LogP contribution in [0.15, 0.2) is 40.9 Å². The molecule has 0 saturated heterocycles. The van der Waals surface area contributed by atoms with E-state index >= 15 is 0 Å². The van der Waals surface area contributed by atoms with Crippen LogP contribution in [0.5, 0.6) is 0 Å². The van der Waals surface area contributed by atoms with Crippen molar-refractivity contribution in [2.75, 3.05) is 5.32 Å². The van der Waals surface area contributed by atoms with E-state index in [0.29, 0.717) is 5.69 Å². The Morgan fingerprint density at radius 1 is 1.20 bits per heavy atom. The number of nitrogens with zero attached hydrogens (tertiary/aromatic N) is 1. The van der Waals surface area contributed by atoms with Crippen LogP contribution in [-0.4, -0.2) is 6.03 Å². The number of allylic oxidation sites excluding steroid dienone is 1. The second-order valence-corrected chi connectivity index (χ2v) is 5.54. The summed E-state index contributed by atoms with van der Waals surface area (Å²) in [5, 5.41) is 16.1. The molecule has 0 unspecified atom stereocenters. The second-order valence-electron chi connectivity index (χ2n) is 4.68. The Morgan fingerprint density at radius 3 is 2.55 bits per heavy atom. The SMILES string of the molecule is N#CSc1ccc(NC(=O)NC=C2CCCCC2)cc1. The number of thiocyanates is 1. The van der Waals surface area contributed by atoms with E-state index in [1.54, 1.807) is 12.1 Å². The van der Waals surface area contributed by atoms with Crippen molar-refractivity contribution in [3.63, 3.8) is 0 Å². The Balaban J connectivity index is 1.83. The maximum Gasteiger partial charge on any atom is 0.323 e. The first kappa shape index (κ1) is 14.5. The lowest BCUT2D eigenvalue weighted by Gasteiger charge is -2.13. The molecule has 104 valence electrons. The van der Waals surface area contributed by atoms with E-state index in [1.165, 1.54) is 24.8 Å². The Hall–Kier alpha value is -1.93. The number of nitrogens with one attached hydrogen (secondary N) is 2. The minimum Gasteiger partial charge on any atom is -0.314 e. The molecule has 0 aliphatic heterocycles. The van der Waals surface area contributed by atoms with Crippen LogP contribution in [0.2, 0.25) is 0 Å². The molecule has 1 saturated carbocycles. The fourth-order valence-electron chi connectivity index (χ4n) is 2.14. The maximum atomic E-state index is 11.7. The number of thioether (sulfide) groups is 1. The van der Waals surface area contributed by atoms with Gasteiger partial charge in [-0.25, -0.2) is 4.79 Å². The van der Waals surface area contributed by atoms with Crippen molar-refractivity contribution < 1.29 is 4.79 Å². The number of nitriles is 1. The molecule has 1 aliphatic carbocycles. The molecule has 0 aromatic heterocycles. The maximum absolute atomic E-state index is 11.7. The zero-order chi connectivity index (χ0) is 14.2. The van der Waals surface area contributed by atoms with Gasteiger partial charge in [-0.15, -0.1) is 0 Å². The zero-order valence-electron chi connectivity index (χ0n) is 11.2. The van der Waals surface area contributed by atoms with Crippen molar-refractivity contribution in [2.45, 2.75) is 37.0 Å². The van der Waals surface area contributed by atoms with Gasteiger partial charge in [0.25, 0.3) is 0 Å². The first-order chi connectivity index (χ1) is 9.78. The largest absolute Gasteiger partial charge is 0.323 e. The van der Waals surface area contributed by atoms with Gasteiger partial charge in [-0.3, -0.25) is 0 Å². The van der Waals surface area contributed by atoms with Crippen molar-refractivity contribution in [1.29, 1.82) is 5.26 Å². The molecule has 0 bridgehead atoms. The highest BCUT2D eigenvalue weighted by Gasteiger charge is 2.06. The average Bonchev–Trinajstić information content (AvgIpc) is 2.49. The quantitative estimate of drug-likeness (QED) is 0.646. The molecule has 0 heterocycles. The monoisotopic (exact) mass is 287 g/mol. The minimum absolute atomic E-state index is 0.233. The highest BCUT2D eigenvalue weighted by Crippen LogP contribution is 2.22. The van der Waals surface area contributed by atoms with Crippen LogP contribution in [0, 0.1) is 10.7 Å². The predicted molar refractivity (Wildman–Crippen MR) is 81.2 cm³/mol. The molecule has 0 radical (unpaired) electrons. The number of urea groups is 1. The van der Waals surface area contributed by atoms with Crippen molar-refractivity contribution in [1.82, 2.24) is 5.32 Å². The third kappa shape index (κ3) is 4.63. The molecule has 1 fully saturated rings. The van der Waals surface area contributed by atoms with Gasteiger partial charge in [-0.2, -0.15) is 5.26 Å². The van der Waals surface area contributed by atoms with Crippen molar-refractivity contribution in [3.05, 3.63) is 36.0 Å². The number of amides is 2. The summed E-state index contributed by atoms with van der Waals surface area (Å²) in [6, 6.07) is 6.95. The zero-order valence-corrected chi connectivity index (χ0v) is 12.0. The lowest BCUT2D eigenvalue weighted by atomic mass is 9.96. The van der Waals surface area contributed by atoms with E-state index < -0.39 is 0 Å². The topological polar surface area (TPSA) is 64.9 Å². The molecular weight excluding hydrogens is 270 g/mol. The Bertz CT molecular complexity index is 523. The summed E-state index contributed by atoms with van der Waals surface area (Å²) in [4.78, 5) is 12.6. The summed E-state index contributed by atoms with van der Waals surface area (Å²) in [5.74, 6) is 0. The second kappa shape index (κ2) is 7.61. The van der Waals surface area contributed by atoms with Gasteiger partial charge >= 0.3 is 6.03 Å². The number of carbonyl (C=O) groups excluding carboxylic acids is 1. The average molecular weight is 287 g/mol. The van der Waals surface area contributed by atoms with Crippen LogP contribution >= 0.6 is 11.8 Å². The van der Waals surface area contributed by atoms with E-state index in [-0.39, 0.29) is 6.03 Å². The van der Waals surface area contributed by atoms with E-state index in [4.69, 9.17) is 5.26 Å². The number of hydrogen-bond donors (Lipinski definition) is 2. The van der Waals surface area contributed by atoms with Crippen LogP contribution < -0.4 is 10.6 Å². The fraction of sp³-hybridized carbons (Fsp3) is 0.333. The molecule has 0 spiro atoms. The van der Waals surface area contributed by atoms with Gasteiger partial charge in [0.1, 0.15) is 5.40 Å². The highest BCUT2D eigenvalue weighted by molar-refractivity contribution is 8.03. The summed E-state index contributed by atoms with van der Waals surface area (Å²) in [6.07, 6.45) is 7.71.